The average Bonchev–Trinajstić information content (AvgIpc) is 3.46. The van der Waals surface area contributed by atoms with E-state index in [1.807, 2.05) is 30.3 Å². The van der Waals surface area contributed by atoms with E-state index in [4.69, 9.17) is 13.9 Å². The highest BCUT2D eigenvalue weighted by molar-refractivity contribution is 7.89. The number of nitrogens with zero attached hydrogens (tertiary/aromatic N) is 2. The minimum absolute atomic E-state index is 0.0520. The van der Waals surface area contributed by atoms with Gasteiger partial charge in [-0.25, -0.2) is 13.4 Å². The lowest BCUT2D eigenvalue weighted by Gasteiger charge is -2.21. The monoisotopic (exact) mass is 472 g/mol. The second-order valence-electron chi connectivity index (χ2n) is 7.60. The molecule has 0 amide bonds. The van der Waals surface area contributed by atoms with E-state index in [0.717, 1.165) is 9.87 Å². The molecule has 1 aliphatic rings. The van der Waals surface area contributed by atoms with Gasteiger partial charge >= 0.3 is 5.97 Å². The summed E-state index contributed by atoms with van der Waals surface area (Å²) in [6.45, 7) is 2.05. The van der Waals surface area contributed by atoms with E-state index in [0.29, 0.717) is 29.5 Å². The summed E-state index contributed by atoms with van der Waals surface area (Å²) >= 11 is 0. The summed E-state index contributed by atoms with van der Waals surface area (Å²) in [7, 11) is -2.59. The maximum absolute atomic E-state index is 13.0. The Morgan fingerprint density at radius 1 is 1.21 bits per heavy atom. The van der Waals surface area contributed by atoms with Crippen molar-refractivity contribution in [3.05, 3.63) is 60.0 Å². The second kappa shape index (κ2) is 9.24. The highest BCUT2D eigenvalue weighted by Gasteiger charge is 2.39. The van der Waals surface area contributed by atoms with E-state index < -0.39 is 22.0 Å². The van der Waals surface area contributed by atoms with E-state index in [9.17, 15) is 18.3 Å². The molecule has 1 N–H and O–H groups in total. The molecular formula is C23H24N2O7S. The first-order valence-corrected chi connectivity index (χ1v) is 11.8. The number of oxazole rings is 1. The maximum atomic E-state index is 13.0. The average molecular weight is 473 g/mol. The fourth-order valence-corrected chi connectivity index (χ4v) is 5.42. The number of carboxylic acids is 1. The number of ether oxygens (including phenoxy) is 2. The zero-order valence-corrected chi connectivity index (χ0v) is 19.0. The molecule has 33 heavy (non-hydrogen) atoms. The van der Waals surface area contributed by atoms with Crippen molar-refractivity contribution in [1.29, 1.82) is 0 Å². The molecule has 1 aromatic heterocycles. The largest absolute Gasteiger partial charge is 0.493 e. The van der Waals surface area contributed by atoms with Crippen LogP contribution in [0.4, 0.5) is 0 Å². The molecule has 1 atom stereocenters. The molecule has 0 unspecified atom stereocenters. The number of sulfonamides is 1. The Hall–Kier alpha value is -3.37. The van der Waals surface area contributed by atoms with Crippen molar-refractivity contribution in [2.75, 3.05) is 13.7 Å². The van der Waals surface area contributed by atoms with Crippen molar-refractivity contribution in [2.45, 2.75) is 37.3 Å². The fraction of sp³-hybridized carbons (Fsp3) is 0.304. The van der Waals surface area contributed by atoms with Gasteiger partial charge in [0.25, 0.3) is 0 Å². The highest BCUT2D eigenvalue weighted by atomic mass is 32.2. The standard InChI is InChI=1S/C23H24N2O7S/c1-15-18(24-22(32-15)16-7-4-3-5-8-16)14-31-20-11-10-17(13-21(20)30-2)33(28,29)25-12-6-9-19(25)23(26)27/h3-5,7-8,10-11,13,19H,6,9,12,14H2,1-2H3,(H,26,27)/t19-/m1/s1. The third-order valence-corrected chi connectivity index (χ3v) is 7.41. The van der Waals surface area contributed by atoms with E-state index in [-0.39, 0.29) is 30.2 Å². The first-order valence-electron chi connectivity index (χ1n) is 10.4. The molecule has 3 aromatic rings. The van der Waals surface area contributed by atoms with Crippen molar-refractivity contribution in [3.8, 4) is 23.0 Å². The van der Waals surface area contributed by atoms with Crippen molar-refractivity contribution in [2.24, 2.45) is 0 Å². The van der Waals surface area contributed by atoms with Crippen molar-refractivity contribution >= 4 is 16.0 Å². The van der Waals surface area contributed by atoms with Gasteiger partial charge in [-0.05, 0) is 44.0 Å². The van der Waals surface area contributed by atoms with Crippen molar-refractivity contribution < 1.29 is 32.2 Å². The van der Waals surface area contributed by atoms with Gasteiger partial charge in [-0.15, -0.1) is 0 Å². The van der Waals surface area contributed by atoms with Gasteiger partial charge in [0.15, 0.2) is 11.5 Å². The molecule has 0 saturated carbocycles. The Balaban J connectivity index is 1.54. The first kappa shape index (κ1) is 22.8. The summed E-state index contributed by atoms with van der Waals surface area (Å²) in [4.78, 5) is 15.9. The van der Waals surface area contributed by atoms with Crippen LogP contribution >= 0.6 is 0 Å². The number of carbonyl (C=O) groups is 1. The van der Waals surface area contributed by atoms with E-state index in [1.54, 1.807) is 6.92 Å². The van der Waals surface area contributed by atoms with Crippen LogP contribution in [-0.2, 0) is 21.4 Å². The van der Waals surface area contributed by atoms with Gasteiger partial charge in [0.2, 0.25) is 15.9 Å². The number of methoxy groups -OCH3 is 1. The molecule has 10 heteroatoms. The summed E-state index contributed by atoms with van der Waals surface area (Å²) in [5.74, 6) is 0.489. The summed E-state index contributed by atoms with van der Waals surface area (Å²) in [5.41, 5.74) is 1.45. The Bertz CT molecular complexity index is 1260. The number of carboxylic acid groups (broad SMARTS) is 1. The van der Waals surface area contributed by atoms with Gasteiger partial charge in [0.05, 0.1) is 12.0 Å². The Labute approximate surface area is 191 Å². The van der Waals surface area contributed by atoms with Crippen molar-refractivity contribution in [3.63, 3.8) is 0 Å². The number of rotatable bonds is 8. The molecule has 174 valence electrons. The molecule has 0 spiro atoms. The van der Waals surface area contributed by atoms with Crippen LogP contribution in [0.15, 0.2) is 57.8 Å². The zero-order chi connectivity index (χ0) is 23.6. The number of aryl methyl sites for hydroxylation is 1. The van der Waals surface area contributed by atoms with Crippen LogP contribution in [0, 0.1) is 6.92 Å². The lowest BCUT2D eigenvalue weighted by atomic mass is 10.2. The number of hydrogen-bond acceptors (Lipinski definition) is 7. The summed E-state index contributed by atoms with van der Waals surface area (Å²) in [6, 6.07) is 12.6. The molecule has 4 rings (SSSR count). The van der Waals surface area contributed by atoms with E-state index in [2.05, 4.69) is 4.98 Å². The number of hydrogen-bond donors (Lipinski definition) is 1. The van der Waals surface area contributed by atoms with Gasteiger partial charge in [0, 0.05) is 18.2 Å². The topological polar surface area (TPSA) is 119 Å². The second-order valence-corrected chi connectivity index (χ2v) is 9.49. The third-order valence-electron chi connectivity index (χ3n) is 5.51. The minimum Gasteiger partial charge on any atom is -0.493 e. The van der Waals surface area contributed by atoms with Crippen molar-refractivity contribution in [1.82, 2.24) is 9.29 Å². The van der Waals surface area contributed by atoms with Crippen LogP contribution in [0.1, 0.15) is 24.3 Å². The minimum atomic E-state index is -3.99. The van der Waals surface area contributed by atoms with Gasteiger partial charge < -0.3 is 19.0 Å². The van der Waals surface area contributed by atoms with Gasteiger partial charge in [-0.1, -0.05) is 18.2 Å². The van der Waals surface area contributed by atoms with Crippen LogP contribution in [0.2, 0.25) is 0 Å². The Kier molecular flexibility index (Phi) is 6.39. The quantitative estimate of drug-likeness (QED) is 0.529. The molecule has 1 aliphatic heterocycles. The van der Waals surface area contributed by atoms with Gasteiger partial charge in [0.1, 0.15) is 24.1 Å². The molecule has 9 nitrogen and oxygen atoms in total. The lowest BCUT2D eigenvalue weighted by Crippen LogP contribution is -2.40. The Morgan fingerprint density at radius 2 is 1.97 bits per heavy atom. The molecule has 2 heterocycles. The molecular weight excluding hydrogens is 448 g/mol. The van der Waals surface area contributed by atoms with Gasteiger partial charge in [-0.3, -0.25) is 4.79 Å². The fourth-order valence-electron chi connectivity index (χ4n) is 3.75. The molecule has 1 fully saturated rings. The smallest absolute Gasteiger partial charge is 0.322 e. The number of aliphatic carboxylic acids is 1. The summed E-state index contributed by atoms with van der Waals surface area (Å²) < 4.78 is 44.0. The van der Waals surface area contributed by atoms with Crippen LogP contribution in [0.5, 0.6) is 11.5 Å². The molecule has 0 radical (unpaired) electrons. The lowest BCUT2D eigenvalue weighted by molar-refractivity contribution is -0.140. The van der Waals surface area contributed by atoms with Crippen LogP contribution in [0.25, 0.3) is 11.5 Å². The SMILES string of the molecule is COc1cc(S(=O)(=O)N2CCC[C@@H]2C(=O)O)ccc1OCc1nc(-c2ccccc2)oc1C. The molecule has 0 bridgehead atoms. The molecule has 0 aliphatic carbocycles. The van der Waals surface area contributed by atoms with E-state index >= 15 is 0 Å². The summed E-state index contributed by atoms with van der Waals surface area (Å²) in [5, 5.41) is 9.35. The number of aromatic nitrogens is 1. The highest BCUT2D eigenvalue weighted by Crippen LogP contribution is 2.34. The maximum Gasteiger partial charge on any atom is 0.322 e. The first-order chi connectivity index (χ1) is 15.8. The number of benzene rings is 2. The predicted molar refractivity (Wildman–Crippen MR) is 119 cm³/mol. The van der Waals surface area contributed by atoms with E-state index in [1.165, 1.54) is 25.3 Å². The zero-order valence-electron chi connectivity index (χ0n) is 18.2. The van der Waals surface area contributed by atoms with Crippen LogP contribution in [0.3, 0.4) is 0 Å². The predicted octanol–water partition coefficient (Wildman–Crippen LogP) is 3.48. The Morgan fingerprint density at radius 3 is 2.67 bits per heavy atom. The van der Waals surface area contributed by atoms with Crippen LogP contribution < -0.4 is 9.47 Å². The van der Waals surface area contributed by atoms with Gasteiger partial charge in [-0.2, -0.15) is 4.31 Å². The van der Waals surface area contributed by atoms with Crippen LogP contribution in [-0.4, -0.2) is 48.5 Å². The third kappa shape index (κ3) is 4.57. The molecule has 1 saturated heterocycles. The molecule has 2 aromatic carbocycles. The summed E-state index contributed by atoms with van der Waals surface area (Å²) in [6.07, 6.45) is 0.783. The normalized spacial score (nSPS) is 16.6.